The summed E-state index contributed by atoms with van der Waals surface area (Å²) in [4.78, 5) is 12.7. The van der Waals surface area contributed by atoms with E-state index in [1.807, 2.05) is 0 Å². The molecule has 0 spiro atoms. The fraction of sp³-hybridized carbons (Fsp3) is 0.435. The van der Waals surface area contributed by atoms with Crippen LogP contribution < -0.4 is 19.5 Å². The lowest BCUT2D eigenvalue weighted by Gasteiger charge is -2.31. The Kier molecular flexibility index (Phi) is 7.52. The molecule has 1 N–H and O–H groups in total. The van der Waals surface area contributed by atoms with Gasteiger partial charge in [0.15, 0.2) is 11.5 Å². The molecule has 4 rings (SSSR count). The largest absolute Gasteiger partial charge is 0.486 e. The highest BCUT2D eigenvalue weighted by Crippen LogP contribution is 2.34. The number of ether oxygens (including phenoxy) is 3. The highest BCUT2D eigenvalue weighted by Gasteiger charge is 2.32. The molecule has 34 heavy (non-hydrogen) atoms. The van der Waals surface area contributed by atoms with Crippen LogP contribution in [0.3, 0.4) is 0 Å². The zero-order valence-electron chi connectivity index (χ0n) is 18.4. The first-order valence-corrected chi connectivity index (χ1v) is 12.5. The van der Waals surface area contributed by atoms with E-state index in [1.165, 1.54) is 28.6 Å². The van der Waals surface area contributed by atoms with Gasteiger partial charge in [-0.05, 0) is 49.1 Å². The normalized spacial score (nSPS) is 16.9. The number of benzene rings is 2. The van der Waals surface area contributed by atoms with E-state index in [2.05, 4.69) is 10.1 Å². The minimum absolute atomic E-state index is 0.0840. The maximum absolute atomic E-state index is 13.0. The van der Waals surface area contributed by atoms with Gasteiger partial charge in [-0.2, -0.15) is 13.1 Å². The number of piperidine rings is 1. The number of amides is 1. The van der Waals surface area contributed by atoms with Crippen molar-refractivity contribution in [1.82, 2.24) is 9.62 Å². The number of hydrogen-bond donors (Lipinski definition) is 1. The molecule has 0 unspecified atom stereocenters. The second-order valence-corrected chi connectivity index (χ2v) is 9.99. The van der Waals surface area contributed by atoms with E-state index < -0.39 is 16.6 Å². The van der Waals surface area contributed by atoms with Gasteiger partial charge in [0.25, 0.3) is 0 Å². The van der Waals surface area contributed by atoms with Crippen LogP contribution in [0.4, 0.5) is 8.78 Å². The van der Waals surface area contributed by atoms with Crippen molar-refractivity contribution in [3.05, 3.63) is 48.0 Å². The van der Waals surface area contributed by atoms with Crippen molar-refractivity contribution in [2.24, 2.45) is 5.92 Å². The van der Waals surface area contributed by atoms with Crippen molar-refractivity contribution in [2.75, 3.05) is 32.8 Å². The van der Waals surface area contributed by atoms with Crippen LogP contribution in [0, 0.1) is 5.92 Å². The van der Waals surface area contributed by atoms with Crippen molar-refractivity contribution in [3.63, 3.8) is 0 Å². The standard InChI is InChI=1S/C23H26F2N2O6S/c24-23(25)33-18-3-1-16(2-4-18)7-10-26-22(28)17-8-11-27(12-9-17)34(29,30)19-5-6-20-21(15-19)32-14-13-31-20/h1-6,15,17,23H,7-14H2,(H,26,28). The second-order valence-electron chi connectivity index (χ2n) is 8.05. The summed E-state index contributed by atoms with van der Waals surface area (Å²) in [7, 11) is -3.70. The van der Waals surface area contributed by atoms with Crippen LogP contribution in [0.25, 0.3) is 0 Å². The number of nitrogens with zero attached hydrogens (tertiary/aromatic N) is 1. The Bertz CT molecular complexity index is 1100. The predicted molar refractivity (Wildman–Crippen MR) is 119 cm³/mol. The molecule has 11 heteroatoms. The van der Waals surface area contributed by atoms with Crippen LogP contribution in [-0.4, -0.2) is 58.1 Å². The van der Waals surface area contributed by atoms with E-state index >= 15 is 0 Å². The second kappa shape index (κ2) is 10.6. The Labute approximate surface area is 196 Å². The highest BCUT2D eigenvalue weighted by atomic mass is 32.2. The van der Waals surface area contributed by atoms with Crippen molar-refractivity contribution >= 4 is 15.9 Å². The van der Waals surface area contributed by atoms with Crippen molar-refractivity contribution in [2.45, 2.75) is 30.8 Å². The van der Waals surface area contributed by atoms with Gasteiger partial charge < -0.3 is 19.5 Å². The van der Waals surface area contributed by atoms with Crippen molar-refractivity contribution in [3.8, 4) is 17.2 Å². The zero-order chi connectivity index (χ0) is 24.1. The third-order valence-electron chi connectivity index (χ3n) is 5.84. The molecule has 184 valence electrons. The molecule has 1 fully saturated rings. The number of sulfonamides is 1. The van der Waals surface area contributed by atoms with Crippen LogP contribution in [0.2, 0.25) is 0 Å². The molecule has 1 amide bonds. The summed E-state index contributed by atoms with van der Waals surface area (Å²) < 4.78 is 67.1. The van der Waals surface area contributed by atoms with Gasteiger partial charge in [0.1, 0.15) is 19.0 Å². The number of rotatable bonds is 8. The molecule has 0 radical (unpaired) electrons. The summed E-state index contributed by atoms with van der Waals surface area (Å²) in [5, 5.41) is 2.88. The van der Waals surface area contributed by atoms with E-state index in [0.29, 0.717) is 50.5 Å². The average Bonchev–Trinajstić information content (AvgIpc) is 2.84. The number of nitrogens with one attached hydrogen (secondary N) is 1. The molecule has 0 atom stereocenters. The lowest BCUT2D eigenvalue weighted by Crippen LogP contribution is -2.43. The van der Waals surface area contributed by atoms with Crippen LogP contribution >= 0.6 is 0 Å². The smallest absolute Gasteiger partial charge is 0.387 e. The maximum Gasteiger partial charge on any atom is 0.387 e. The topological polar surface area (TPSA) is 94.2 Å². The molecule has 0 aliphatic carbocycles. The summed E-state index contributed by atoms with van der Waals surface area (Å²) in [6, 6.07) is 10.8. The molecule has 1 saturated heterocycles. The average molecular weight is 497 g/mol. The molecule has 0 saturated carbocycles. The number of hydrogen-bond acceptors (Lipinski definition) is 6. The molecule has 2 aliphatic rings. The molecule has 0 aromatic heterocycles. The van der Waals surface area contributed by atoms with Gasteiger partial charge in [0.05, 0.1) is 4.90 Å². The van der Waals surface area contributed by atoms with Gasteiger partial charge in [-0.1, -0.05) is 12.1 Å². The number of carbonyl (C=O) groups is 1. The molecule has 2 aliphatic heterocycles. The number of fused-ring (bicyclic) bond motifs is 1. The van der Waals surface area contributed by atoms with Gasteiger partial charge in [-0.25, -0.2) is 8.42 Å². The van der Waals surface area contributed by atoms with Crippen molar-refractivity contribution < 1.29 is 36.2 Å². The summed E-state index contributed by atoms with van der Waals surface area (Å²) in [5.74, 6) is 0.638. The molecule has 0 bridgehead atoms. The summed E-state index contributed by atoms with van der Waals surface area (Å²) in [6.45, 7) is -1.18. The van der Waals surface area contributed by atoms with Gasteiger partial charge in [-0.15, -0.1) is 0 Å². The van der Waals surface area contributed by atoms with Crippen LogP contribution in [0.1, 0.15) is 18.4 Å². The fourth-order valence-electron chi connectivity index (χ4n) is 4.00. The van der Waals surface area contributed by atoms with Gasteiger partial charge >= 0.3 is 6.61 Å². The summed E-state index contributed by atoms with van der Waals surface area (Å²) in [6.07, 6.45) is 1.39. The SMILES string of the molecule is O=C(NCCc1ccc(OC(F)F)cc1)C1CCN(S(=O)(=O)c2ccc3c(c2)OCCO3)CC1. The van der Waals surface area contributed by atoms with Crippen LogP contribution in [-0.2, 0) is 21.2 Å². The first kappa shape index (κ1) is 24.2. The Morgan fingerprint density at radius 1 is 1.06 bits per heavy atom. The third kappa shape index (κ3) is 5.76. The molecular weight excluding hydrogens is 470 g/mol. The first-order valence-electron chi connectivity index (χ1n) is 11.0. The molecular formula is C23H26F2N2O6S. The molecule has 8 nitrogen and oxygen atoms in total. The van der Waals surface area contributed by atoms with Crippen LogP contribution in [0.15, 0.2) is 47.4 Å². The Morgan fingerprint density at radius 2 is 1.74 bits per heavy atom. The van der Waals surface area contributed by atoms with Gasteiger partial charge in [-0.3, -0.25) is 4.79 Å². The zero-order valence-corrected chi connectivity index (χ0v) is 19.2. The fourth-order valence-corrected chi connectivity index (χ4v) is 5.49. The van der Waals surface area contributed by atoms with Crippen LogP contribution in [0.5, 0.6) is 17.2 Å². The van der Waals surface area contributed by atoms with E-state index in [-0.39, 0.29) is 35.6 Å². The summed E-state index contributed by atoms with van der Waals surface area (Å²) >= 11 is 0. The lowest BCUT2D eigenvalue weighted by atomic mass is 9.97. The number of alkyl halides is 2. The maximum atomic E-state index is 13.0. The van der Waals surface area contributed by atoms with Crippen molar-refractivity contribution in [1.29, 1.82) is 0 Å². The van der Waals surface area contributed by atoms with E-state index in [4.69, 9.17) is 9.47 Å². The minimum Gasteiger partial charge on any atom is -0.486 e. The Morgan fingerprint density at radius 3 is 2.41 bits per heavy atom. The number of carbonyl (C=O) groups excluding carboxylic acids is 1. The summed E-state index contributed by atoms with van der Waals surface area (Å²) in [5.41, 5.74) is 0.877. The predicted octanol–water partition coefficient (Wildman–Crippen LogP) is 2.82. The lowest BCUT2D eigenvalue weighted by molar-refractivity contribution is -0.126. The Hall–Kier alpha value is -2.92. The molecule has 2 aromatic rings. The quantitative estimate of drug-likeness (QED) is 0.604. The van der Waals surface area contributed by atoms with E-state index in [0.717, 1.165) is 5.56 Å². The molecule has 2 heterocycles. The Balaban J connectivity index is 1.25. The third-order valence-corrected chi connectivity index (χ3v) is 7.73. The monoisotopic (exact) mass is 496 g/mol. The highest BCUT2D eigenvalue weighted by molar-refractivity contribution is 7.89. The minimum atomic E-state index is -3.70. The van der Waals surface area contributed by atoms with Gasteiger partial charge in [0, 0.05) is 31.6 Å². The van der Waals surface area contributed by atoms with E-state index in [1.54, 1.807) is 18.2 Å². The van der Waals surface area contributed by atoms with Gasteiger partial charge in [0.2, 0.25) is 15.9 Å². The van der Waals surface area contributed by atoms with E-state index in [9.17, 15) is 22.0 Å². The molecule has 2 aromatic carbocycles. The number of halogens is 2. The first-order chi connectivity index (χ1) is 16.3.